The molecule has 0 bridgehead atoms. The number of benzene rings is 1. The average molecular weight is 357 g/mol. The second-order valence-electron chi connectivity index (χ2n) is 7.76. The molecule has 0 unspecified atom stereocenters. The lowest BCUT2D eigenvalue weighted by atomic mass is 10.1. The number of carbonyl (C=O) groups is 1. The molecule has 1 aromatic rings. The maximum Gasteiger partial charge on any atom is 0.240 e. The number of amides is 1. The Labute approximate surface area is 156 Å². The van der Waals surface area contributed by atoms with Crippen LogP contribution in [0.5, 0.6) is 0 Å². The van der Waals surface area contributed by atoms with Crippen LogP contribution in [0.3, 0.4) is 0 Å². The van der Waals surface area contributed by atoms with Crippen LogP contribution >= 0.6 is 0 Å². The summed E-state index contributed by atoms with van der Waals surface area (Å²) in [5.41, 5.74) is 3.02. The second-order valence-corrected chi connectivity index (χ2v) is 7.76. The van der Waals surface area contributed by atoms with Crippen LogP contribution in [0.15, 0.2) is 24.3 Å². The molecular formula is C21H31N3O2. The minimum absolute atomic E-state index is 0.0289. The summed E-state index contributed by atoms with van der Waals surface area (Å²) < 4.78 is 5.44. The normalized spacial score (nSPS) is 23.8. The van der Waals surface area contributed by atoms with Crippen LogP contribution in [0.2, 0.25) is 0 Å². The predicted molar refractivity (Wildman–Crippen MR) is 102 cm³/mol. The number of fused-ring (bicyclic) bond motifs is 1. The third-order valence-corrected chi connectivity index (χ3v) is 6.33. The first-order chi connectivity index (χ1) is 12.8. The zero-order chi connectivity index (χ0) is 17.9. The Morgan fingerprint density at radius 2 is 1.65 bits per heavy atom. The van der Waals surface area contributed by atoms with Crippen LogP contribution in [0.25, 0.3) is 0 Å². The minimum atomic E-state index is 0.0289. The van der Waals surface area contributed by atoms with Gasteiger partial charge in [-0.1, -0.05) is 31.2 Å². The summed E-state index contributed by atoms with van der Waals surface area (Å²) in [7, 11) is 0. The molecule has 26 heavy (non-hydrogen) atoms. The first-order valence-corrected chi connectivity index (χ1v) is 10.2. The predicted octanol–water partition coefficient (Wildman–Crippen LogP) is 1.41. The van der Waals surface area contributed by atoms with Crippen LogP contribution < -0.4 is 0 Å². The topological polar surface area (TPSA) is 36.0 Å². The molecule has 3 aliphatic rings. The highest BCUT2D eigenvalue weighted by atomic mass is 16.5. The van der Waals surface area contributed by atoms with E-state index in [2.05, 4.69) is 45.9 Å². The molecule has 1 amide bonds. The van der Waals surface area contributed by atoms with Crippen LogP contribution in [0.4, 0.5) is 0 Å². The van der Waals surface area contributed by atoms with E-state index in [0.717, 1.165) is 71.7 Å². The fraction of sp³-hybridized carbons (Fsp3) is 0.667. The van der Waals surface area contributed by atoms with E-state index in [-0.39, 0.29) is 6.04 Å². The van der Waals surface area contributed by atoms with Crippen LogP contribution in [0.1, 0.15) is 24.5 Å². The van der Waals surface area contributed by atoms with Gasteiger partial charge in [-0.25, -0.2) is 0 Å². The molecule has 0 saturated carbocycles. The summed E-state index contributed by atoms with van der Waals surface area (Å²) in [6, 6.07) is 9.47. The summed E-state index contributed by atoms with van der Waals surface area (Å²) in [5, 5.41) is 0. The Balaban J connectivity index is 1.31. The number of ether oxygens (including phenoxy) is 1. The van der Waals surface area contributed by atoms with E-state index in [1.54, 1.807) is 0 Å². The molecule has 2 saturated heterocycles. The first-order valence-electron chi connectivity index (χ1n) is 10.2. The molecule has 4 rings (SSSR count). The molecule has 5 nitrogen and oxygen atoms in total. The quantitative estimate of drug-likeness (QED) is 0.816. The SMILES string of the molecule is CC[C@H](C(=O)N1CCN(C2Cc3ccccc3C2)CC1)N1CCOCC1. The minimum Gasteiger partial charge on any atom is -0.379 e. The van der Waals surface area contributed by atoms with Crippen molar-refractivity contribution in [2.45, 2.75) is 38.3 Å². The third kappa shape index (κ3) is 3.66. The van der Waals surface area contributed by atoms with Crippen LogP contribution in [-0.2, 0) is 22.4 Å². The number of hydrogen-bond acceptors (Lipinski definition) is 4. The fourth-order valence-corrected chi connectivity index (χ4v) is 4.79. The maximum atomic E-state index is 13.1. The molecule has 142 valence electrons. The van der Waals surface area contributed by atoms with Crippen molar-refractivity contribution in [3.63, 3.8) is 0 Å². The van der Waals surface area contributed by atoms with Gasteiger partial charge in [0.1, 0.15) is 0 Å². The standard InChI is InChI=1S/C21H31N3O2/c1-2-20(23-11-13-26-14-12-23)21(25)24-9-7-22(8-10-24)19-15-17-5-3-4-6-18(17)16-19/h3-6,19-20H,2,7-16H2,1H3/t20-/m1/s1. The molecule has 2 aliphatic heterocycles. The van der Waals surface area contributed by atoms with E-state index >= 15 is 0 Å². The molecule has 0 aromatic heterocycles. The van der Waals surface area contributed by atoms with E-state index in [9.17, 15) is 4.79 Å². The Bertz CT molecular complexity index is 596. The Morgan fingerprint density at radius 3 is 2.23 bits per heavy atom. The highest BCUT2D eigenvalue weighted by molar-refractivity contribution is 5.82. The van der Waals surface area contributed by atoms with E-state index < -0.39 is 0 Å². The van der Waals surface area contributed by atoms with Gasteiger partial charge in [0.05, 0.1) is 19.3 Å². The van der Waals surface area contributed by atoms with Crippen molar-refractivity contribution in [2.24, 2.45) is 0 Å². The molecule has 1 atom stereocenters. The smallest absolute Gasteiger partial charge is 0.240 e. The van der Waals surface area contributed by atoms with Gasteiger partial charge in [0.2, 0.25) is 5.91 Å². The summed E-state index contributed by atoms with van der Waals surface area (Å²) in [6.07, 6.45) is 3.21. The van der Waals surface area contributed by atoms with Crippen molar-refractivity contribution in [1.82, 2.24) is 14.7 Å². The summed E-state index contributed by atoms with van der Waals surface area (Å²) in [5.74, 6) is 0.323. The van der Waals surface area contributed by atoms with Gasteiger partial charge in [-0.2, -0.15) is 0 Å². The van der Waals surface area contributed by atoms with Gasteiger partial charge in [-0.3, -0.25) is 14.6 Å². The first kappa shape index (κ1) is 18.0. The van der Waals surface area contributed by atoms with E-state index in [1.165, 1.54) is 11.1 Å². The zero-order valence-electron chi connectivity index (χ0n) is 15.9. The van der Waals surface area contributed by atoms with Gasteiger partial charge < -0.3 is 9.64 Å². The number of hydrogen-bond donors (Lipinski definition) is 0. The Morgan fingerprint density at radius 1 is 1.04 bits per heavy atom. The van der Waals surface area contributed by atoms with Crippen LogP contribution in [-0.4, -0.2) is 85.2 Å². The summed E-state index contributed by atoms with van der Waals surface area (Å²) >= 11 is 0. The fourth-order valence-electron chi connectivity index (χ4n) is 4.79. The summed E-state index contributed by atoms with van der Waals surface area (Å²) in [4.78, 5) is 20.1. The lowest BCUT2D eigenvalue weighted by Gasteiger charge is -2.41. The molecule has 0 N–H and O–H groups in total. The van der Waals surface area contributed by atoms with Crippen molar-refractivity contribution in [3.05, 3.63) is 35.4 Å². The van der Waals surface area contributed by atoms with E-state index in [4.69, 9.17) is 4.74 Å². The number of morpholine rings is 1. The molecule has 5 heteroatoms. The van der Waals surface area contributed by atoms with E-state index in [1.807, 2.05) is 0 Å². The number of nitrogens with zero attached hydrogens (tertiary/aromatic N) is 3. The maximum absolute atomic E-state index is 13.1. The zero-order valence-corrected chi connectivity index (χ0v) is 15.9. The lowest BCUT2D eigenvalue weighted by Crippen LogP contribution is -2.57. The van der Waals surface area contributed by atoms with Gasteiger partial charge >= 0.3 is 0 Å². The largest absolute Gasteiger partial charge is 0.379 e. The third-order valence-electron chi connectivity index (χ3n) is 6.33. The Kier molecular flexibility index (Phi) is 5.57. The molecule has 0 spiro atoms. The molecule has 2 heterocycles. The monoisotopic (exact) mass is 357 g/mol. The van der Waals surface area contributed by atoms with Gasteiger partial charge in [0.15, 0.2) is 0 Å². The highest BCUT2D eigenvalue weighted by Crippen LogP contribution is 2.26. The second kappa shape index (κ2) is 8.07. The molecule has 0 radical (unpaired) electrons. The molecular weight excluding hydrogens is 326 g/mol. The van der Waals surface area contributed by atoms with Gasteiger partial charge in [0.25, 0.3) is 0 Å². The number of piperazine rings is 1. The van der Waals surface area contributed by atoms with Crippen molar-refractivity contribution in [3.8, 4) is 0 Å². The Hall–Kier alpha value is -1.43. The molecule has 2 fully saturated rings. The van der Waals surface area contributed by atoms with Crippen LogP contribution in [0, 0.1) is 0 Å². The van der Waals surface area contributed by atoms with Crippen molar-refractivity contribution >= 4 is 5.91 Å². The summed E-state index contributed by atoms with van der Waals surface area (Å²) in [6.45, 7) is 9.13. The lowest BCUT2D eigenvalue weighted by molar-refractivity contribution is -0.141. The van der Waals surface area contributed by atoms with Crippen molar-refractivity contribution < 1.29 is 9.53 Å². The van der Waals surface area contributed by atoms with Crippen molar-refractivity contribution in [1.29, 1.82) is 0 Å². The van der Waals surface area contributed by atoms with Crippen molar-refractivity contribution in [2.75, 3.05) is 52.5 Å². The molecule has 1 aromatic carbocycles. The average Bonchev–Trinajstić information content (AvgIpc) is 3.14. The number of rotatable bonds is 4. The van der Waals surface area contributed by atoms with Gasteiger partial charge in [-0.15, -0.1) is 0 Å². The highest BCUT2D eigenvalue weighted by Gasteiger charge is 2.34. The molecule has 1 aliphatic carbocycles. The van der Waals surface area contributed by atoms with E-state index in [0.29, 0.717) is 11.9 Å². The van der Waals surface area contributed by atoms with Gasteiger partial charge in [-0.05, 0) is 30.4 Å². The van der Waals surface area contributed by atoms with Gasteiger partial charge in [0, 0.05) is 45.3 Å². The number of carbonyl (C=O) groups excluding carboxylic acids is 1.